The van der Waals surface area contributed by atoms with Crippen molar-refractivity contribution in [3.05, 3.63) is 12.2 Å². The summed E-state index contributed by atoms with van der Waals surface area (Å²) in [6, 6.07) is 0. The van der Waals surface area contributed by atoms with Crippen LogP contribution in [0.25, 0.3) is 0 Å². The number of hydrogen-bond donors (Lipinski definition) is 0. The van der Waals surface area contributed by atoms with Gasteiger partial charge in [-0.3, -0.25) is 0 Å². The van der Waals surface area contributed by atoms with Crippen LogP contribution in [0.15, 0.2) is 12.2 Å². The second-order valence-electron chi connectivity index (χ2n) is 6.83. The zero-order valence-electron chi connectivity index (χ0n) is 18.1. The molecule has 5 heteroatoms. The van der Waals surface area contributed by atoms with Crippen LogP contribution in [0.3, 0.4) is 0 Å². The fourth-order valence-electron chi connectivity index (χ4n) is 2.97. The second kappa shape index (κ2) is 17.2. The number of ether oxygens (including phenoxy) is 4. The Morgan fingerprint density at radius 2 is 1.15 bits per heavy atom. The SMILES string of the molecule is C=C(C)C(=O)OCCCCCCCCCCCC(OCC)(OCC)OCC. The normalized spacial score (nSPS) is 11.6. The standard InChI is InChI=1S/C22H42O5/c1-6-25-22(26-7-2,27-8-3)18-16-14-12-10-9-11-13-15-17-19-24-21(23)20(4)5/h4,6-19H2,1-3,5H3. The summed E-state index contributed by atoms with van der Waals surface area (Å²) in [6.07, 6.45) is 11.3. The highest BCUT2D eigenvalue weighted by molar-refractivity contribution is 5.86. The molecule has 160 valence electrons. The Balaban J connectivity index is 3.62. The van der Waals surface area contributed by atoms with Gasteiger partial charge in [0.1, 0.15) is 0 Å². The highest BCUT2D eigenvalue weighted by atomic mass is 16.9. The summed E-state index contributed by atoms with van der Waals surface area (Å²) < 4.78 is 22.3. The molecule has 0 aliphatic rings. The zero-order valence-corrected chi connectivity index (χ0v) is 18.1. The van der Waals surface area contributed by atoms with Gasteiger partial charge in [-0.1, -0.05) is 51.5 Å². The summed E-state index contributed by atoms with van der Waals surface area (Å²) in [5, 5.41) is 0. The van der Waals surface area contributed by atoms with Crippen molar-refractivity contribution in [3.63, 3.8) is 0 Å². The minimum absolute atomic E-state index is 0.281. The van der Waals surface area contributed by atoms with Gasteiger partial charge in [0, 0.05) is 31.8 Å². The number of rotatable bonds is 19. The molecular formula is C22H42O5. The van der Waals surface area contributed by atoms with Gasteiger partial charge in [0.25, 0.3) is 5.97 Å². The van der Waals surface area contributed by atoms with Crippen LogP contribution in [0.1, 0.15) is 91.9 Å². The van der Waals surface area contributed by atoms with Gasteiger partial charge in [0.2, 0.25) is 0 Å². The van der Waals surface area contributed by atoms with Crippen molar-refractivity contribution in [2.75, 3.05) is 26.4 Å². The summed E-state index contributed by atoms with van der Waals surface area (Å²) >= 11 is 0. The number of unbranched alkanes of at least 4 members (excludes halogenated alkanes) is 8. The van der Waals surface area contributed by atoms with Crippen molar-refractivity contribution in [1.82, 2.24) is 0 Å². The predicted molar refractivity (Wildman–Crippen MR) is 110 cm³/mol. The van der Waals surface area contributed by atoms with E-state index in [-0.39, 0.29) is 5.97 Å². The minimum Gasteiger partial charge on any atom is -0.462 e. The lowest BCUT2D eigenvalue weighted by atomic mass is 10.1. The van der Waals surface area contributed by atoms with Crippen LogP contribution in [0, 0.1) is 0 Å². The highest BCUT2D eigenvalue weighted by Gasteiger charge is 2.31. The molecule has 0 amide bonds. The first-order valence-electron chi connectivity index (χ1n) is 10.8. The Bertz CT molecular complexity index is 364. The number of esters is 1. The van der Waals surface area contributed by atoms with E-state index < -0.39 is 5.97 Å². The second-order valence-corrected chi connectivity index (χ2v) is 6.83. The molecule has 5 nitrogen and oxygen atoms in total. The van der Waals surface area contributed by atoms with Gasteiger partial charge in [-0.15, -0.1) is 0 Å². The minimum atomic E-state index is -0.855. The van der Waals surface area contributed by atoms with Gasteiger partial charge in [-0.2, -0.15) is 0 Å². The van der Waals surface area contributed by atoms with Gasteiger partial charge in [0.05, 0.1) is 6.61 Å². The van der Waals surface area contributed by atoms with E-state index in [0.717, 1.165) is 25.7 Å². The highest BCUT2D eigenvalue weighted by Crippen LogP contribution is 2.24. The predicted octanol–water partition coefficient (Wildman–Crippen LogP) is 5.77. The van der Waals surface area contributed by atoms with E-state index >= 15 is 0 Å². The largest absolute Gasteiger partial charge is 0.462 e. The van der Waals surface area contributed by atoms with Crippen molar-refractivity contribution in [2.24, 2.45) is 0 Å². The summed E-state index contributed by atoms with van der Waals surface area (Å²) in [4.78, 5) is 11.2. The van der Waals surface area contributed by atoms with Gasteiger partial charge in [-0.25, -0.2) is 4.79 Å². The Kier molecular flexibility index (Phi) is 16.6. The summed E-state index contributed by atoms with van der Waals surface area (Å²) in [7, 11) is 0. The first-order valence-corrected chi connectivity index (χ1v) is 10.8. The van der Waals surface area contributed by atoms with Crippen LogP contribution in [0.2, 0.25) is 0 Å². The lowest BCUT2D eigenvalue weighted by Gasteiger charge is -2.32. The van der Waals surface area contributed by atoms with E-state index in [1.165, 1.54) is 38.5 Å². The number of carbonyl (C=O) groups excluding carboxylic acids is 1. The average Bonchev–Trinajstić information content (AvgIpc) is 2.63. The van der Waals surface area contributed by atoms with E-state index in [0.29, 0.717) is 32.0 Å². The van der Waals surface area contributed by atoms with Gasteiger partial charge in [-0.05, 0) is 40.5 Å². The molecule has 0 spiro atoms. The molecule has 27 heavy (non-hydrogen) atoms. The van der Waals surface area contributed by atoms with Crippen molar-refractivity contribution < 1.29 is 23.7 Å². The van der Waals surface area contributed by atoms with Crippen LogP contribution in [-0.2, 0) is 23.7 Å². The molecule has 0 saturated heterocycles. The van der Waals surface area contributed by atoms with Gasteiger partial charge >= 0.3 is 5.97 Å². The monoisotopic (exact) mass is 386 g/mol. The Morgan fingerprint density at radius 3 is 1.56 bits per heavy atom. The molecule has 0 saturated carbocycles. The quantitative estimate of drug-likeness (QED) is 0.122. The van der Waals surface area contributed by atoms with Gasteiger partial charge in [0.15, 0.2) is 0 Å². The molecule has 0 fully saturated rings. The average molecular weight is 387 g/mol. The Morgan fingerprint density at radius 1 is 0.741 bits per heavy atom. The number of carbonyl (C=O) groups is 1. The maximum Gasteiger partial charge on any atom is 0.333 e. The maximum atomic E-state index is 11.2. The van der Waals surface area contributed by atoms with E-state index in [1.54, 1.807) is 6.92 Å². The van der Waals surface area contributed by atoms with Crippen molar-refractivity contribution >= 4 is 5.97 Å². The molecule has 0 unspecified atom stereocenters. The lowest BCUT2D eigenvalue weighted by molar-refractivity contribution is -0.380. The first kappa shape index (κ1) is 26.1. The molecule has 0 radical (unpaired) electrons. The van der Waals surface area contributed by atoms with E-state index in [2.05, 4.69) is 6.58 Å². The lowest BCUT2D eigenvalue weighted by Crippen LogP contribution is -2.39. The Hall–Kier alpha value is -0.910. The molecule has 0 heterocycles. The van der Waals surface area contributed by atoms with Crippen molar-refractivity contribution in [1.29, 1.82) is 0 Å². The molecule has 0 bridgehead atoms. The van der Waals surface area contributed by atoms with E-state index in [4.69, 9.17) is 18.9 Å². The molecule has 0 aromatic heterocycles. The van der Waals surface area contributed by atoms with Crippen LogP contribution in [-0.4, -0.2) is 38.4 Å². The third-order valence-corrected chi connectivity index (χ3v) is 4.30. The molecule has 0 rings (SSSR count). The van der Waals surface area contributed by atoms with Crippen molar-refractivity contribution in [2.45, 2.75) is 97.9 Å². The summed E-state index contributed by atoms with van der Waals surface area (Å²) in [5.74, 6) is -1.14. The van der Waals surface area contributed by atoms with E-state index in [1.807, 2.05) is 20.8 Å². The molecule has 0 aliphatic carbocycles. The zero-order chi connectivity index (χ0) is 20.4. The van der Waals surface area contributed by atoms with Crippen LogP contribution < -0.4 is 0 Å². The van der Waals surface area contributed by atoms with Crippen molar-refractivity contribution in [3.8, 4) is 0 Å². The van der Waals surface area contributed by atoms with Crippen LogP contribution in [0.4, 0.5) is 0 Å². The third-order valence-electron chi connectivity index (χ3n) is 4.30. The van der Waals surface area contributed by atoms with Gasteiger partial charge < -0.3 is 18.9 Å². The molecule has 0 atom stereocenters. The van der Waals surface area contributed by atoms with Crippen LogP contribution in [0.5, 0.6) is 0 Å². The van der Waals surface area contributed by atoms with E-state index in [9.17, 15) is 4.79 Å². The van der Waals surface area contributed by atoms with Crippen LogP contribution >= 0.6 is 0 Å². The fourth-order valence-corrected chi connectivity index (χ4v) is 2.97. The molecule has 0 aliphatic heterocycles. The molecule has 0 aromatic rings. The Labute approximate surface area is 166 Å². The number of hydrogen-bond acceptors (Lipinski definition) is 5. The first-order chi connectivity index (χ1) is 13.0. The fraction of sp³-hybridized carbons (Fsp3) is 0.864. The molecule has 0 aromatic carbocycles. The summed E-state index contributed by atoms with van der Waals surface area (Å²) in [6.45, 7) is 13.4. The molecular weight excluding hydrogens is 344 g/mol. The maximum absolute atomic E-state index is 11.2. The topological polar surface area (TPSA) is 54.0 Å². The summed E-state index contributed by atoms with van der Waals surface area (Å²) in [5.41, 5.74) is 0.469. The molecule has 0 N–H and O–H groups in total. The third kappa shape index (κ3) is 13.8. The smallest absolute Gasteiger partial charge is 0.333 e.